The maximum absolute atomic E-state index is 12.1. The summed E-state index contributed by atoms with van der Waals surface area (Å²) in [4.78, 5) is 29.2. The summed E-state index contributed by atoms with van der Waals surface area (Å²) in [6.07, 6.45) is 1.60. The van der Waals surface area contributed by atoms with E-state index in [1.54, 1.807) is 4.90 Å². The van der Waals surface area contributed by atoms with Gasteiger partial charge in [-0.05, 0) is 19.8 Å². The summed E-state index contributed by atoms with van der Waals surface area (Å²) in [5.41, 5.74) is 0. The van der Waals surface area contributed by atoms with E-state index in [2.05, 4.69) is 20.5 Å². The van der Waals surface area contributed by atoms with Crippen LogP contribution < -0.4 is 10.1 Å². The second-order valence-corrected chi connectivity index (χ2v) is 4.69. The highest BCUT2D eigenvalue weighted by Gasteiger charge is 2.27. The van der Waals surface area contributed by atoms with Crippen molar-refractivity contribution in [1.29, 1.82) is 0 Å². The van der Waals surface area contributed by atoms with Gasteiger partial charge in [-0.3, -0.25) is 14.9 Å². The number of ether oxygens (including phenoxy) is 1. The minimum Gasteiger partial charge on any atom is -0.463 e. The topological polar surface area (TPSA) is 100 Å². The van der Waals surface area contributed by atoms with Crippen molar-refractivity contribution in [3.05, 3.63) is 0 Å². The number of piperidine rings is 1. The maximum atomic E-state index is 12.1. The molecule has 1 unspecified atom stereocenters. The lowest BCUT2D eigenvalue weighted by molar-refractivity contribution is -0.132. The molecule has 2 amide bonds. The lowest BCUT2D eigenvalue weighted by Crippen LogP contribution is -2.42. The molecule has 0 aliphatic carbocycles. The Morgan fingerprint density at radius 2 is 2.35 bits per heavy atom. The summed E-state index contributed by atoms with van der Waals surface area (Å²) < 4.78 is 5.10. The largest absolute Gasteiger partial charge is 0.463 e. The normalized spacial score (nSPS) is 18.7. The van der Waals surface area contributed by atoms with Crippen LogP contribution in [0.2, 0.25) is 0 Å². The van der Waals surface area contributed by atoms with Crippen LogP contribution in [0.5, 0.6) is 6.01 Å². The van der Waals surface area contributed by atoms with Gasteiger partial charge in [-0.15, -0.1) is 5.10 Å². The van der Waals surface area contributed by atoms with Gasteiger partial charge in [-0.2, -0.15) is 4.98 Å². The molecule has 110 valence electrons. The molecule has 1 aliphatic heterocycles. The molecule has 20 heavy (non-hydrogen) atoms. The molecule has 0 bridgehead atoms. The van der Waals surface area contributed by atoms with Crippen LogP contribution in [0.3, 0.4) is 0 Å². The van der Waals surface area contributed by atoms with Crippen LogP contribution in [0, 0.1) is 5.92 Å². The summed E-state index contributed by atoms with van der Waals surface area (Å²) in [6, 6.07) is 0.205. The third kappa shape index (κ3) is 3.46. The Hall–Kier alpha value is -2.12. The summed E-state index contributed by atoms with van der Waals surface area (Å²) in [5.74, 6) is -0.109. The predicted octanol–water partition coefficient (Wildman–Crippen LogP) is 0.400. The van der Waals surface area contributed by atoms with E-state index in [-0.39, 0.29) is 29.7 Å². The Kier molecular flexibility index (Phi) is 4.54. The standard InChI is InChI=1S/C12H19N5O3/c1-3-20-12-14-11(15-16-12)13-10(19)9-5-4-6-17(7-9)8(2)18/h9H,3-7H2,1-2H3,(H2,13,14,15,16,19). The van der Waals surface area contributed by atoms with Gasteiger partial charge in [-0.25, -0.2) is 5.10 Å². The lowest BCUT2D eigenvalue weighted by Gasteiger charge is -2.30. The predicted molar refractivity (Wildman–Crippen MR) is 71.2 cm³/mol. The average molecular weight is 281 g/mol. The molecule has 2 N–H and O–H groups in total. The zero-order chi connectivity index (χ0) is 14.5. The Bertz CT molecular complexity index is 487. The van der Waals surface area contributed by atoms with Crippen LogP contribution in [-0.2, 0) is 9.59 Å². The smallest absolute Gasteiger partial charge is 0.337 e. The molecule has 0 aromatic carbocycles. The monoisotopic (exact) mass is 281 g/mol. The molecule has 8 heteroatoms. The fourth-order valence-corrected chi connectivity index (χ4v) is 2.19. The van der Waals surface area contributed by atoms with Crippen LogP contribution in [0.15, 0.2) is 0 Å². The number of likely N-dealkylation sites (tertiary alicyclic amines) is 1. The summed E-state index contributed by atoms with van der Waals surface area (Å²) in [6.45, 7) is 4.98. The molecule has 2 heterocycles. The average Bonchev–Trinajstić information content (AvgIpc) is 2.86. The number of anilines is 1. The first-order valence-corrected chi connectivity index (χ1v) is 6.71. The number of rotatable bonds is 4. The minimum absolute atomic E-state index is 0.000738. The van der Waals surface area contributed by atoms with Crippen molar-refractivity contribution < 1.29 is 14.3 Å². The molecular weight excluding hydrogens is 262 g/mol. The van der Waals surface area contributed by atoms with Crippen LogP contribution in [0.4, 0.5) is 5.95 Å². The Balaban J connectivity index is 1.91. The van der Waals surface area contributed by atoms with Crippen LogP contribution in [-0.4, -0.2) is 51.6 Å². The number of nitrogens with one attached hydrogen (secondary N) is 2. The summed E-state index contributed by atoms with van der Waals surface area (Å²) >= 11 is 0. The fourth-order valence-electron chi connectivity index (χ4n) is 2.19. The number of aromatic nitrogens is 3. The first kappa shape index (κ1) is 14.3. The Labute approximate surface area is 116 Å². The number of hydrogen-bond donors (Lipinski definition) is 2. The highest BCUT2D eigenvalue weighted by molar-refractivity contribution is 5.91. The van der Waals surface area contributed by atoms with Crippen molar-refractivity contribution >= 4 is 17.8 Å². The van der Waals surface area contributed by atoms with Gasteiger partial charge in [0.1, 0.15) is 0 Å². The third-order valence-corrected chi connectivity index (χ3v) is 3.22. The third-order valence-electron chi connectivity index (χ3n) is 3.22. The molecule has 1 aromatic heterocycles. The molecule has 8 nitrogen and oxygen atoms in total. The minimum atomic E-state index is -0.215. The van der Waals surface area contributed by atoms with Crippen molar-refractivity contribution in [2.45, 2.75) is 26.7 Å². The second-order valence-electron chi connectivity index (χ2n) is 4.69. The highest BCUT2D eigenvalue weighted by Crippen LogP contribution is 2.18. The first-order valence-electron chi connectivity index (χ1n) is 6.71. The zero-order valence-corrected chi connectivity index (χ0v) is 11.7. The van der Waals surface area contributed by atoms with E-state index in [1.807, 2.05) is 6.92 Å². The van der Waals surface area contributed by atoms with E-state index in [1.165, 1.54) is 6.92 Å². The number of amides is 2. The van der Waals surface area contributed by atoms with Crippen LogP contribution in [0.25, 0.3) is 0 Å². The van der Waals surface area contributed by atoms with E-state index in [4.69, 9.17) is 4.74 Å². The van der Waals surface area contributed by atoms with E-state index >= 15 is 0 Å². The van der Waals surface area contributed by atoms with Crippen molar-refractivity contribution in [3.63, 3.8) is 0 Å². The van der Waals surface area contributed by atoms with Gasteiger partial charge in [0, 0.05) is 20.0 Å². The van der Waals surface area contributed by atoms with Crippen LogP contribution in [0.1, 0.15) is 26.7 Å². The molecule has 0 saturated carbocycles. The van der Waals surface area contributed by atoms with Gasteiger partial charge in [-0.1, -0.05) is 0 Å². The first-order chi connectivity index (χ1) is 9.60. The number of carbonyl (C=O) groups excluding carboxylic acids is 2. The summed E-state index contributed by atoms with van der Waals surface area (Å²) in [5, 5.41) is 9.07. The number of aromatic amines is 1. The summed E-state index contributed by atoms with van der Waals surface area (Å²) in [7, 11) is 0. The number of H-pyrrole nitrogens is 1. The van der Waals surface area contributed by atoms with Gasteiger partial charge in [0.15, 0.2) is 0 Å². The lowest BCUT2D eigenvalue weighted by atomic mass is 9.97. The van der Waals surface area contributed by atoms with E-state index in [9.17, 15) is 9.59 Å². The quantitative estimate of drug-likeness (QED) is 0.832. The highest BCUT2D eigenvalue weighted by atomic mass is 16.5. The molecule has 1 saturated heterocycles. The second kappa shape index (κ2) is 6.36. The molecule has 1 aromatic rings. The Morgan fingerprint density at radius 3 is 3.05 bits per heavy atom. The zero-order valence-electron chi connectivity index (χ0n) is 11.7. The Morgan fingerprint density at radius 1 is 1.55 bits per heavy atom. The molecule has 0 radical (unpaired) electrons. The number of carbonyl (C=O) groups is 2. The molecule has 0 spiro atoms. The molecule has 1 fully saturated rings. The van der Waals surface area contributed by atoms with E-state index < -0.39 is 0 Å². The molecule has 1 aliphatic rings. The van der Waals surface area contributed by atoms with Crippen molar-refractivity contribution in [2.24, 2.45) is 5.92 Å². The van der Waals surface area contributed by atoms with Crippen LogP contribution >= 0.6 is 0 Å². The van der Waals surface area contributed by atoms with Crippen molar-refractivity contribution in [2.75, 3.05) is 25.0 Å². The fraction of sp³-hybridized carbons (Fsp3) is 0.667. The van der Waals surface area contributed by atoms with Crippen molar-refractivity contribution in [1.82, 2.24) is 20.1 Å². The van der Waals surface area contributed by atoms with Gasteiger partial charge >= 0.3 is 6.01 Å². The number of hydrogen-bond acceptors (Lipinski definition) is 5. The maximum Gasteiger partial charge on any atom is 0.337 e. The van der Waals surface area contributed by atoms with E-state index in [0.717, 1.165) is 19.4 Å². The van der Waals surface area contributed by atoms with Gasteiger partial charge in [0.2, 0.25) is 17.8 Å². The van der Waals surface area contributed by atoms with Gasteiger partial charge in [0.05, 0.1) is 12.5 Å². The SMILES string of the molecule is CCOc1n[nH]c(NC(=O)C2CCCN(C(C)=O)C2)n1. The van der Waals surface area contributed by atoms with E-state index in [0.29, 0.717) is 13.2 Å². The molecule has 1 atom stereocenters. The molecular formula is C12H19N5O3. The van der Waals surface area contributed by atoms with Gasteiger partial charge < -0.3 is 9.64 Å². The molecule has 2 rings (SSSR count). The number of nitrogens with zero attached hydrogens (tertiary/aromatic N) is 3. The van der Waals surface area contributed by atoms with Gasteiger partial charge in [0.25, 0.3) is 0 Å². The van der Waals surface area contributed by atoms with Crippen molar-refractivity contribution in [3.8, 4) is 6.01 Å².